The maximum Gasteiger partial charge on any atom is 0.258 e. The summed E-state index contributed by atoms with van der Waals surface area (Å²) in [6.07, 6.45) is 0. The first-order chi connectivity index (χ1) is 13.7. The maximum absolute atomic E-state index is 11.9. The standard InChI is InChI=1S/C20H22N2O6/c23-19-13-27-15-4-3-5-16(12-15)28-14-20(24)22-9-11-26-18-7-2-1-6-17(18)25-10-8-21-19/h1-7,12H,8-11,13-14H2,(H,21,23)(H,22,24). The summed E-state index contributed by atoms with van der Waals surface area (Å²) in [6, 6.07) is 14.0. The highest BCUT2D eigenvalue weighted by molar-refractivity contribution is 5.78. The highest BCUT2D eigenvalue weighted by Crippen LogP contribution is 2.26. The summed E-state index contributed by atoms with van der Waals surface area (Å²) >= 11 is 0. The van der Waals surface area contributed by atoms with Crippen LogP contribution in [0.3, 0.4) is 0 Å². The Morgan fingerprint density at radius 3 is 1.64 bits per heavy atom. The van der Waals surface area contributed by atoms with Crippen molar-refractivity contribution < 1.29 is 28.5 Å². The lowest BCUT2D eigenvalue weighted by molar-refractivity contribution is -0.123. The van der Waals surface area contributed by atoms with Crippen molar-refractivity contribution >= 4 is 11.8 Å². The van der Waals surface area contributed by atoms with Gasteiger partial charge in [-0.2, -0.15) is 0 Å². The van der Waals surface area contributed by atoms with Crippen molar-refractivity contribution in [2.45, 2.75) is 0 Å². The van der Waals surface area contributed by atoms with Gasteiger partial charge in [0.2, 0.25) is 0 Å². The first kappa shape index (κ1) is 19.3. The first-order valence-corrected chi connectivity index (χ1v) is 8.94. The molecule has 0 saturated heterocycles. The van der Waals surface area contributed by atoms with Crippen LogP contribution in [0.2, 0.25) is 0 Å². The monoisotopic (exact) mass is 386 g/mol. The van der Waals surface area contributed by atoms with Gasteiger partial charge in [-0.3, -0.25) is 9.59 Å². The van der Waals surface area contributed by atoms with Gasteiger partial charge in [-0.1, -0.05) is 18.2 Å². The molecule has 0 spiro atoms. The van der Waals surface area contributed by atoms with Gasteiger partial charge >= 0.3 is 0 Å². The summed E-state index contributed by atoms with van der Waals surface area (Å²) in [7, 11) is 0. The Labute approximate surface area is 162 Å². The quantitative estimate of drug-likeness (QED) is 0.705. The van der Waals surface area contributed by atoms with E-state index in [4.69, 9.17) is 18.9 Å². The van der Waals surface area contributed by atoms with Crippen LogP contribution >= 0.6 is 0 Å². The molecule has 0 aliphatic carbocycles. The van der Waals surface area contributed by atoms with Gasteiger partial charge < -0.3 is 29.6 Å². The SMILES string of the molecule is O=C1COc2cccc(c2)OCC(=O)NCCOc2ccccc2OCCN1. The zero-order chi connectivity index (χ0) is 19.6. The van der Waals surface area contributed by atoms with Crippen molar-refractivity contribution in [2.75, 3.05) is 39.5 Å². The fourth-order valence-corrected chi connectivity index (χ4v) is 2.45. The lowest BCUT2D eigenvalue weighted by Gasteiger charge is -2.13. The number of amides is 2. The minimum absolute atomic E-state index is 0.135. The molecule has 3 rings (SSSR count). The second kappa shape index (κ2) is 10.1. The van der Waals surface area contributed by atoms with Gasteiger partial charge in [0, 0.05) is 6.07 Å². The second-order valence-corrected chi connectivity index (χ2v) is 5.90. The molecular formula is C20H22N2O6. The molecule has 0 fully saturated rings. The summed E-state index contributed by atoms with van der Waals surface area (Å²) in [5.74, 6) is 1.55. The number of fused-ring (bicyclic) bond motifs is 3. The third kappa shape index (κ3) is 6.08. The predicted molar refractivity (Wildman–Crippen MR) is 101 cm³/mol. The van der Waals surface area contributed by atoms with Crippen LogP contribution in [-0.4, -0.2) is 51.3 Å². The molecule has 0 radical (unpaired) electrons. The molecule has 1 aliphatic rings. The van der Waals surface area contributed by atoms with E-state index in [0.29, 0.717) is 36.1 Å². The summed E-state index contributed by atoms with van der Waals surface area (Å²) in [4.78, 5) is 23.8. The number of nitrogens with one attached hydrogen (secondary N) is 2. The van der Waals surface area contributed by atoms with Crippen molar-refractivity contribution in [1.82, 2.24) is 10.6 Å². The van der Waals surface area contributed by atoms with E-state index in [2.05, 4.69) is 10.6 Å². The lowest BCUT2D eigenvalue weighted by Crippen LogP contribution is -2.32. The molecule has 0 aromatic heterocycles. The van der Waals surface area contributed by atoms with Crippen molar-refractivity contribution in [3.63, 3.8) is 0 Å². The molecule has 8 nitrogen and oxygen atoms in total. The third-order valence-corrected chi connectivity index (χ3v) is 3.76. The second-order valence-electron chi connectivity index (χ2n) is 5.90. The molecule has 0 atom stereocenters. The molecule has 1 aliphatic heterocycles. The summed E-state index contributed by atoms with van der Waals surface area (Å²) in [6.45, 7) is 0.955. The Balaban J connectivity index is 1.64. The number of benzene rings is 2. The van der Waals surface area contributed by atoms with Crippen LogP contribution in [0.4, 0.5) is 0 Å². The van der Waals surface area contributed by atoms with Crippen LogP contribution in [0.25, 0.3) is 0 Å². The third-order valence-electron chi connectivity index (χ3n) is 3.76. The molecule has 0 unspecified atom stereocenters. The molecule has 2 aromatic carbocycles. The summed E-state index contributed by atoms with van der Waals surface area (Å²) in [5, 5.41) is 5.45. The molecule has 0 saturated carbocycles. The van der Waals surface area contributed by atoms with Gasteiger partial charge in [0.1, 0.15) is 24.7 Å². The van der Waals surface area contributed by atoms with Gasteiger partial charge in [-0.05, 0) is 24.3 Å². The topological polar surface area (TPSA) is 95.1 Å². The van der Waals surface area contributed by atoms with Crippen LogP contribution in [0.5, 0.6) is 23.0 Å². The van der Waals surface area contributed by atoms with Gasteiger partial charge in [0.25, 0.3) is 11.8 Å². The van der Waals surface area contributed by atoms with Gasteiger partial charge in [0.15, 0.2) is 24.7 Å². The molecular weight excluding hydrogens is 364 g/mol. The van der Waals surface area contributed by atoms with E-state index in [-0.39, 0.29) is 38.2 Å². The van der Waals surface area contributed by atoms with E-state index in [1.54, 1.807) is 36.4 Å². The Kier molecular flexibility index (Phi) is 6.95. The number of hydrogen-bond donors (Lipinski definition) is 2. The average Bonchev–Trinajstić information content (AvgIpc) is 2.72. The zero-order valence-corrected chi connectivity index (χ0v) is 15.3. The molecule has 2 aromatic rings. The number of carbonyl (C=O) groups is 2. The summed E-state index contributed by atoms with van der Waals surface area (Å²) in [5.41, 5.74) is 0. The normalized spacial score (nSPS) is 16.1. The maximum atomic E-state index is 11.9. The van der Waals surface area contributed by atoms with Crippen molar-refractivity contribution in [2.24, 2.45) is 0 Å². The zero-order valence-electron chi connectivity index (χ0n) is 15.3. The largest absolute Gasteiger partial charge is 0.488 e. The Morgan fingerprint density at radius 1 is 0.643 bits per heavy atom. The number of rotatable bonds is 0. The van der Waals surface area contributed by atoms with E-state index < -0.39 is 0 Å². The highest BCUT2D eigenvalue weighted by Gasteiger charge is 2.08. The summed E-state index contributed by atoms with van der Waals surface area (Å²) < 4.78 is 22.2. The molecule has 148 valence electrons. The van der Waals surface area contributed by atoms with E-state index in [1.807, 2.05) is 12.1 Å². The molecule has 2 amide bonds. The van der Waals surface area contributed by atoms with Crippen molar-refractivity contribution in [1.29, 1.82) is 0 Å². The van der Waals surface area contributed by atoms with Crippen LogP contribution in [0.1, 0.15) is 0 Å². The van der Waals surface area contributed by atoms with Crippen LogP contribution < -0.4 is 29.6 Å². The number of carbonyl (C=O) groups excluding carboxylic acids is 2. The number of ether oxygens (including phenoxy) is 4. The molecule has 2 N–H and O–H groups in total. The minimum Gasteiger partial charge on any atom is -0.488 e. The molecule has 8 heteroatoms. The fourth-order valence-electron chi connectivity index (χ4n) is 2.45. The first-order valence-electron chi connectivity index (χ1n) is 8.94. The van der Waals surface area contributed by atoms with Crippen LogP contribution in [-0.2, 0) is 9.59 Å². The fraction of sp³-hybridized carbons (Fsp3) is 0.300. The minimum atomic E-state index is -0.267. The van der Waals surface area contributed by atoms with Crippen LogP contribution in [0.15, 0.2) is 48.5 Å². The van der Waals surface area contributed by atoms with Gasteiger partial charge in [-0.25, -0.2) is 0 Å². The highest BCUT2D eigenvalue weighted by atomic mass is 16.5. The molecule has 1 heterocycles. The van der Waals surface area contributed by atoms with Crippen molar-refractivity contribution in [3.8, 4) is 23.0 Å². The average molecular weight is 386 g/mol. The molecule has 28 heavy (non-hydrogen) atoms. The Hall–Kier alpha value is -3.42. The van der Waals surface area contributed by atoms with Crippen LogP contribution in [0, 0.1) is 0 Å². The number of hydrogen-bond acceptors (Lipinski definition) is 6. The Bertz CT molecular complexity index is 749. The van der Waals surface area contributed by atoms with E-state index >= 15 is 0 Å². The predicted octanol–water partition coefficient (Wildman–Crippen LogP) is 1.15. The smallest absolute Gasteiger partial charge is 0.258 e. The van der Waals surface area contributed by atoms with Gasteiger partial charge in [-0.15, -0.1) is 0 Å². The van der Waals surface area contributed by atoms with Crippen molar-refractivity contribution in [3.05, 3.63) is 48.5 Å². The van der Waals surface area contributed by atoms with E-state index in [1.165, 1.54) is 0 Å². The van der Waals surface area contributed by atoms with E-state index in [0.717, 1.165) is 0 Å². The lowest BCUT2D eigenvalue weighted by atomic mass is 10.3. The Morgan fingerprint density at radius 2 is 1.14 bits per heavy atom. The number of para-hydroxylation sites is 2. The molecule has 2 bridgehead atoms. The van der Waals surface area contributed by atoms with E-state index in [9.17, 15) is 9.59 Å². The van der Waals surface area contributed by atoms with Gasteiger partial charge in [0.05, 0.1) is 13.1 Å².